The van der Waals surface area contributed by atoms with Gasteiger partial charge in [0.05, 0.1) is 16.7 Å². The third-order valence-corrected chi connectivity index (χ3v) is 9.64. The van der Waals surface area contributed by atoms with Crippen LogP contribution >= 0.6 is 11.3 Å². The van der Waals surface area contributed by atoms with Gasteiger partial charge in [0, 0.05) is 41.7 Å². The number of aryl methyl sites for hydroxylation is 2. The van der Waals surface area contributed by atoms with Gasteiger partial charge in [-0.05, 0) is 79.6 Å². The van der Waals surface area contributed by atoms with Crippen molar-refractivity contribution in [3.63, 3.8) is 0 Å². The summed E-state index contributed by atoms with van der Waals surface area (Å²) in [6.07, 6.45) is 0. The van der Waals surface area contributed by atoms with E-state index < -0.39 is 0 Å². The molecule has 0 bridgehead atoms. The number of aromatic nitrogens is 1. The number of rotatable bonds is 2. The maximum atomic E-state index is 6.63. The quantitative estimate of drug-likeness (QED) is 0.212. The highest BCUT2D eigenvalue weighted by atomic mass is 32.1. The Morgan fingerprint density at radius 3 is 2.00 bits per heavy atom. The van der Waals surface area contributed by atoms with Crippen LogP contribution in [0.25, 0.3) is 80.7 Å². The molecule has 9 aromatic rings. The van der Waals surface area contributed by atoms with Gasteiger partial charge in [0.2, 0.25) is 0 Å². The molecule has 0 aliphatic heterocycles. The van der Waals surface area contributed by atoms with Gasteiger partial charge >= 0.3 is 0 Å². The van der Waals surface area contributed by atoms with E-state index in [2.05, 4.69) is 134 Å². The molecule has 0 spiro atoms. The summed E-state index contributed by atoms with van der Waals surface area (Å²) in [5.74, 6) is 0. The first kappa shape index (κ1) is 22.9. The van der Waals surface area contributed by atoms with E-state index in [4.69, 9.17) is 4.42 Å². The van der Waals surface area contributed by atoms with Gasteiger partial charge in [-0.3, -0.25) is 0 Å². The smallest absolute Gasteiger partial charge is 0.159 e. The summed E-state index contributed by atoms with van der Waals surface area (Å²) in [6, 6.07) is 42.1. The molecule has 0 unspecified atom stereocenters. The summed E-state index contributed by atoms with van der Waals surface area (Å²) in [5.41, 5.74) is 10.2. The van der Waals surface area contributed by atoms with E-state index in [-0.39, 0.29) is 0 Å². The van der Waals surface area contributed by atoms with Crippen LogP contribution < -0.4 is 0 Å². The van der Waals surface area contributed by atoms with Gasteiger partial charge in [-0.15, -0.1) is 11.3 Å². The lowest BCUT2D eigenvalue weighted by Crippen LogP contribution is -1.94. The predicted octanol–water partition coefficient (Wildman–Crippen LogP) is 11.3. The van der Waals surface area contributed by atoms with Crippen LogP contribution in [0.1, 0.15) is 11.1 Å². The first-order valence-corrected chi connectivity index (χ1v) is 14.8. The van der Waals surface area contributed by atoms with Crippen LogP contribution in [0.3, 0.4) is 0 Å². The summed E-state index contributed by atoms with van der Waals surface area (Å²) in [7, 11) is 0. The van der Waals surface area contributed by atoms with E-state index in [9.17, 15) is 0 Å². The number of thiophene rings is 1. The summed E-state index contributed by atoms with van der Waals surface area (Å²) in [5, 5.41) is 7.48. The van der Waals surface area contributed by atoms with Crippen LogP contribution in [-0.4, -0.2) is 4.57 Å². The highest BCUT2D eigenvalue weighted by Crippen LogP contribution is 2.41. The first-order valence-electron chi connectivity index (χ1n) is 14.0. The van der Waals surface area contributed by atoms with Gasteiger partial charge in [0.1, 0.15) is 5.58 Å². The number of fused-ring (bicyclic) bond motifs is 9. The Balaban J connectivity index is 1.27. The largest absolute Gasteiger partial charge is 0.454 e. The maximum Gasteiger partial charge on any atom is 0.159 e. The molecule has 3 heteroatoms. The molecule has 0 fully saturated rings. The van der Waals surface area contributed by atoms with E-state index in [0.717, 1.165) is 27.6 Å². The van der Waals surface area contributed by atoms with Gasteiger partial charge < -0.3 is 8.98 Å². The molecular weight excluding hydrogens is 518 g/mol. The van der Waals surface area contributed by atoms with Crippen molar-refractivity contribution in [3.05, 3.63) is 126 Å². The minimum Gasteiger partial charge on any atom is -0.454 e. The average molecular weight is 544 g/mol. The highest BCUT2D eigenvalue weighted by molar-refractivity contribution is 7.25. The van der Waals surface area contributed by atoms with Crippen molar-refractivity contribution in [3.8, 4) is 16.8 Å². The fourth-order valence-electron chi connectivity index (χ4n) is 6.56. The summed E-state index contributed by atoms with van der Waals surface area (Å²) in [4.78, 5) is 0. The molecule has 0 N–H and O–H groups in total. The van der Waals surface area contributed by atoms with E-state index in [1.165, 1.54) is 64.2 Å². The number of nitrogens with zero attached hydrogens (tertiary/aromatic N) is 1. The number of para-hydroxylation sites is 1. The topological polar surface area (TPSA) is 18.1 Å². The number of furan rings is 1. The van der Waals surface area contributed by atoms with Gasteiger partial charge in [0.25, 0.3) is 0 Å². The zero-order chi connectivity index (χ0) is 27.2. The lowest BCUT2D eigenvalue weighted by atomic mass is 10.0. The predicted molar refractivity (Wildman–Crippen MR) is 176 cm³/mol. The maximum absolute atomic E-state index is 6.63. The van der Waals surface area contributed by atoms with Crippen molar-refractivity contribution in [2.45, 2.75) is 13.8 Å². The Morgan fingerprint density at radius 2 is 1.20 bits per heavy atom. The minimum atomic E-state index is 0.909. The van der Waals surface area contributed by atoms with Crippen LogP contribution in [0.4, 0.5) is 0 Å². The lowest BCUT2D eigenvalue weighted by Gasteiger charge is -2.08. The van der Waals surface area contributed by atoms with Crippen LogP contribution in [0.2, 0.25) is 0 Å². The van der Waals surface area contributed by atoms with Crippen LogP contribution in [0, 0.1) is 13.8 Å². The number of hydrogen-bond donors (Lipinski definition) is 0. The first-order chi connectivity index (χ1) is 20.1. The minimum absolute atomic E-state index is 0.909. The second-order valence-corrected chi connectivity index (χ2v) is 12.2. The van der Waals surface area contributed by atoms with E-state index in [1.54, 1.807) is 0 Å². The van der Waals surface area contributed by atoms with Gasteiger partial charge in [0.15, 0.2) is 5.58 Å². The van der Waals surface area contributed by atoms with E-state index >= 15 is 0 Å². The molecule has 3 aromatic heterocycles. The fourth-order valence-corrected chi connectivity index (χ4v) is 7.70. The number of benzene rings is 6. The molecule has 0 radical (unpaired) electrons. The molecule has 0 aliphatic rings. The highest BCUT2D eigenvalue weighted by Gasteiger charge is 2.18. The van der Waals surface area contributed by atoms with Gasteiger partial charge in [-0.1, -0.05) is 71.8 Å². The lowest BCUT2D eigenvalue weighted by molar-refractivity contribution is 0.666. The Bertz CT molecular complexity index is 2450. The van der Waals surface area contributed by atoms with Gasteiger partial charge in [-0.2, -0.15) is 0 Å². The van der Waals surface area contributed by atoms with Crippen molar-refractivity contribution < 1.29 is 4.42 Å². The Kier molecular flexibility index (Phi) is 4.65. The number of hydrogen-bond acceptors (Lipinski definition) is 2. The Morgan fingerprint density at radius 1 is 0.512 bits per heavy atom. The molecular formula is C38H25NOS. The third-order valence-electron chi connectivity index (χ3n) is 8.51. The van der Waals surface area contributed by atoms with Gasteiger partial charge in [-0.25, -0.2) is 0 Å². The Hall–Kier alpha value is -4.86. The van der Waals surface area contributed by atoms with Crippen molar-refractivity contribution in [1.82, 2.24) is 4.57 Å². The van der Waals surface area contributed by atoms with Crippen molar-refractivity contribution in [2.24, 2.45) is 0 Å². The molecule has 6 aromatic carbocycles. The van der Waals surface area contributed by atoms with Crippen molar-refractivity contribution in [2.75, 3.05) is 0 Å². The molecule has 0 aliphatic carbocycles. The normalized spacial score (nSPS) is 12.1. The summed E-state index contributed by atoms with van der Waals surface area (Å²) < 4.78 is 11.7. The summed E-state index contributed by atoms with van der Waals surface area (Å²) >= 11 is 1.86. The molecule has 41 heavy (non-hydrogen) atoms. The third kappa shape index (κ3) is 3.30. The van der Waals surface area contributed by atoms with Crippen molar-refractivity contribution in [1.29, 1.82) is 0 Å². The fraction of sp³-hybridized carbons (Fsp3) is 0.0526. The molecule has 0 saturated carbocycles. The molecule has 0 atom stereocenters. The molecule has 9 rings (SSSR count). The second kappa shape index (κ2) is 8.33. The van der Waals surface area contributed by atoms with Crippen LogP contribution in [0.15, 0.2) is 120 Å². The van der Waals surface area contributed by atoms with E-state index in [1.807, 2.05) is 11.3 Å². The summed E-state index contributed by atoms with van der Waals surface area (Å²) in [6.45, 7) is 4.32. The second-order valence-electron chi connectivity index (χ2n) is 11.2. The molecule has 194 valence electrons. The van der Waals surface area contributed by atoms with Crippen molar-refractivity contribution >= 4 is 75.3 Å². The molecule has 0 saturated heterocycles. The molecule has 3 heterocycles. The van der Waals surface area contributed by atoms with Crippen LogP contribution in [0.5, 0.6) is 0 Å². The molecule has 0 amide bonds. The van der Waals surface area contributed by atoms with Crippen LogP contribution in [-0.2, 0) is 0 Å². The Labute approximate surface area is 240 Å². The molecule has 2 nitrogen and oxygen atoms in total. The SMILES string of the molecule is Cc1ccc2c(c1)c1cc(C)ccc1n2-c1cccc2c1oc1ccc(-c3ccc4c(c3)sc3ccccc34)cc12. The zero-order valence-electron chi connectivity index (χ0n) is 22.7. The monoisotopic (exact) mass is 543 g/mol. The van der Waals surface area contributed by atoms with E-state index in [0.29, 0.717) is 0 Å². The zero-order valence-corrected chi connectivity index (χ0v) is 23.5. The average Bonchev–Trinajstić information content (AvgIpc) is 3.65. The standard InChI is InChI=1S/C38H25NOS/c1-22-10-15-32-29(18-22)30-19-23(2)11-16-33(30)39(32)34-8-5-7-28-31-20-24(13-17-35(31)40-38(28)34)25-12-14-27-26-6-3-4-9-36(26)41-37(27)21-25/h3-21H,1-2H3.